The number of pyridine rings is 1. The molecule has 6 rings (SSSR count). The molecule has 3 aromatic carbocycles. The second kappa shape index (κ2) is 6.89. The first-order chi connectivity index (χ1) is 14.7. The maximum Gasteiger partial charge on any atom is 0.261 e. The van der Waals surface area contributed by atoms with Gasteiger partial charge in [0.1, 0.15) is 0 Å². The molecule has 1 aliphatic heterocycles. The van der Waals surface area contributed by atoms with E-state index in [1.54, 1.807) is 16.2 Å². The molecular weight excluding hydrogens is 392 g/mol. The van der Waals surface area contributed by atoms with Crippen molar-refractivity contribution in [2.45, 2.75) is 25.8 Å². The Morgan fingerprint density at radius 2 is 1.47 bits per heavy atom. The number of fused-ring (bicyclic) bond motifs is 2. The first-order valence-corrected chi connectivity index (χ1v) is 11.6. The summed E-state index contributed by atoms with van der Waals surface area (Å²) >= 11 is 1.72. The Balaban J connectivity index is 1.56. The molecule has 0 bridgehead atoms. The van der Waals surface area contributed by atoms with Crippen LogP contribution in [0.3, 0.4) is 0 Å². The number of benzene rings is 3. The molecule has 1 aliphatic rings. The van der Waals surface area contributed by atoms with E-state index < -0.39 is 0 Å². The zero-order valence-corrected chi connectivity index (χ0v) is 17.6. The molecule has 1 saturated heterocycles. The van der Waals surface area contributed by atoms with Crippen LogP contribution in [0.15, 0.2) is 58.1 Å². The molecule has 1 N–H and O–H groups in total. The van der Waals surface area contributed by atoms with Crippen molar-refractivity contribution in [2.24, 2.45) is 0 Å². The molecule has 0 unspecified atom stereocenters. The van der Waals surface area contributed by atoms with Crippen LogP contribution in [0.1, 0.15) is 19.3 Å². The summed E-state index contributed by atoms with van der Waals surface area (Å²) in [6.45, 7) is 3.97. The molecule has 0 spiro atoms. The first-order valence-electron chi connectivity index (χ1n) is 10.8. The highest BCUT2D eigenvalue weighted by molar-refractivity contribution is 7.25. The van der Waals surface area contributed by atoms with E-state index in [0.717, 1.165) is 33.8 Å². The number of hydrogen-bond donors (Lipinski definition) is 1. The van der Waals surface area contributed by atoms with Crippen LogP contribution >= 0.6 is 11.3 Å². The molecule has 1 fully saturated rings. The SMILES string of the molecule is O=c1c2ccc3sc4ccccc4c4ccc(c(=O)n1CCC[NH+]1CCCC1)c2c34. The topological polar surface area (TPSA) is 43.5 Å². The summed E-state index contributed by atoms with van der Waals surface area (Å²) < 4.78 is 3.81. The Morgan fingerprint density at radius 3 is 2.27 bits per heavy atom. The first kappa shape index (κ1) is 18.0. The van der Waals surface area contributed by atoms with Crippen LogP contribution < -0.4 is 16.0 Å². The van der Waals surface area contributed by atoms with Crippen LogP contribution in [0.2, 0.25) is 0 Å². The number of quaternary nitrogens is 1. The van der Waals surface area contributed by atoms with Gasteiger partial charge in [0.15, 0.2) is 0 Å². The lowest BCUT2D eigenvalue weighted by atomic mass is 9.98. The smallest absolute Gasteiger partial charge is 0.261 e. The second-order valence-corrected chi connectivity index (χ2v) is 9.53. The van der Waals surface area contributed by atoms with Gasteiger partial charge >= 0.3 is 0 Å². The minimum atomic E-state index is -0.142. The predicted octanol–water partition coefficient (Wildman–Crippen LogP) is 3.39. The molecule has 2 aromatic heterocycles. The van der Waals surface area contributed by atoms with Gasteiger partial charge in [-0.05, 0) is 35.0 Å². The zero-order valence-electron chi connectivity index (χ0n) is 16.7. The highest BCUT2D eigenvalue weighted by atomic mass is 32.1. The Morgan fingerprint density at radius 1 is 0.767 bits per heavy atom. The molecule has 0 saturated carbocycles. The van der Waals surface area contributed by atoms with Crippen LogP contribution in [0, 0.1) is 0 Å². The van der Waals surface area contributed by atoms with Gasteiger partial charge in [0.25, 0.3) is 11.1 Å². The summed E-state index contributed by atoms with van der Waals surface area (Å²) in [5, 5.41) is 5.51. The summed E-state index contributed by atoms with van der Waals surface area (Å²) in [5.74, 6) is 0. The van der Waals surface area contributed by atoms with Crippen molar-refractivity contribution in [2.75, 3.05) is 19.6 Å². The van der Waals surface area contributed by atoms with E-state index in [1.165, 1.54) is 40.6 Å². The van der Waals surface area contributed by atoms with Crippen LogP contribution in [-0.2, 0) is 6.54 Å². The molecule has 0 radical (unpaired) electrons. The fraction of sp³-hybridized carbons (Fsp3) is 0.280. The van der Waals surface area contributed by atoms with E-state index in [2.05, 4.69) is 24.3 Å². The van der Waals surface area contributed by atoms with Crippen LogP contribution in [0.4, 0.5) is 0 Å². The van der Waals surface area contributed by atoms with Gasteiger partial charge < -0.3 is 4.90 Å². The van der Waals surface area contributed by atoms with Crippen molar-refractivity contribution in [3.05, 3.63) is 69.2 Å². The summed E-state index contributed by atoms with van der Waals surface area (Å²) in [6, 6.07) is 16.3. The number of hydrogen-bond acceptors (Lipinski definition) is 3. The highest BCUT2D eigenvalue weighted by Gasteiger charge is 2.19. The van der Waals surface area contributed by atoms with Crippen LogP contribution in [0.25, 0.3) is 41.7 Å². The molecule has 0 amide bonds. The van der Waals surface area contributed by atoms with Crippen molar-refractivity contribution in [1.82, 2.24) is 4.57 Å². The lowest BCUT2D eigenvalue weighted by Gasteiger charge is -2.15. The van der Waals surface area contributed by atoms with Gasteiger partial charge in [0.2, 0.25) is 0 Å². The summed E-state index contributed by atoms with van der Waals surface area (Å²) in [4.78, 5) is 28.2. The van der Waals surface area contributed by atoms with E-state index in [-0.39, 0.29) is 11.1 Å². The average molecular weight is 416 g/mol. The van der Waals surface area contributed by atoms with Crippen molar-refractivity contribution < 1.29 is 4.90 Å². The zero-order chi connectivity index (χ0) is 20.2. The monoisotopic (exact) mass is 415 g/mol. The summed E-state index contributed by atoms with van der Waals surface area (Å²) in [5.41, 5.74) is -0.284. The molecule has 30 heavy (non-hydrogen) atoms. The molecular formula is C25H23N2O2S+. The van der Waals surface area contributed by atoms with E-state index >= 15 is 0 Å². The number of aromatic nitrogens is 1. The number of nitrogens with zero attached hydrogens (tertiary/aromatic N) is 1. The number of likely N-dealkylation sites (tertiary alicyclic amines) is 1. The molecule has 5 aromatic rings. The third-order valence-corrected chi connectivity index (χ3v) is 7.83. The lowest BCUT2D eigenvalue weighted by Crippen LogP contribution is -3.10. The molecule has 150 valence electrons. The minimum absolute atomic E-state index is 0.142. The summed E-state index contributed by atoms with van der Waals surface area (Å²) in [6.07, 6.45) is 3.45. The molecule has 5 heteroatoms. The van der Waals surface area contributed by atoms with Gasteiger partial charge in [-0.3, -0.25) is 14.2 Å². The van der Waals surface area contributed by atoms with E-state index in [0.29, 0.717) is 17.3 Å². The molecule has 3 heterocycles. The van der Waals surface area contributed by atoms with Gasteiger partial charge in [0, 0.05) is 56.8 Å². The van der Waals surface area contributed by atoms with Crippen molar-refractivity contribution in [1.29, 1.82) is 0 Å². The van der Waals surface area contributed by atoms with Crippen LogP contribution in [-0.4, -0.2) is 24.2 Å². The molecule has 0 aliphatic carbocycles. The van der Waals surface area contributed by atoms with E-state index in [1.807, 2.05) is 24.3 Å². The fourth-order valence-corrected chi connectivity index (χ4v) is 6.35. The maximum atomic E-state index is 13.3. The van der Waals surface area contributed by atoms with Gasteiger partial charge in [-0.2, -0.15) is 0 Å². The number of rotatable bonds is 4. The minimum Gasteiger partial charge on any atom is -0.335 e. The second-order valence-electron chi connectivity index (χ2n) is 8.44. The van der Waals surface area contributed by atoms with Crippen molar-refractivity contribution in [3.63, 3.8) is 0 Å². The summed E-state index contributed by atoms with van der Waals surface area (Å²) in [7, 11) is 0. The molecule has 0 atom stereocenters. The average Bonchev–Trinajstić information content (AvgIpc) is 3.29. The largest absolute Gasteiger partial charge is 0.335 e. The lowest BCUT2D eigenvalue weighted by molar-refractivity contribution is -0.887. The Bertz CT molecular complexity index is 1490. The van der Waals surface area contributed by atoms with Crippen molar-refractivity contribution in [3.8, 4) is 0 Å². The predicted molar refractivity (Wildman–Crippen MR) is 125 cm³/mol. The normalized spacial score (nSPS) is 15.3. The van der Waals surface area contributed by atoms with E-state index in [9.17, 15) is 9.59 Å². The Hall–Kier alpha value is -2.76. The van der Waals surface area contributed by atoms with Crippen molar-refractivity contribution >= 4 is 53.1 Å². The standard InChI is InChI=1S/C25H22N2O2S/c28-24-18-9-8-17-16-6-1-2-7-20(16)30-21-11-10-19(22(18)23(17)21)25(29)27(24)15-5-14-26-12-3-4-13-26/h1-2,6-11H,3-5,12-15H2/p+1. The third kappa shape index (κ3) is 2.62. The maximum absolute atomic E-state index is 13.3. The van der Waals surface area contributed by atoms with E-state index in [4.69, 9.17) is 0 Å². The third-order valence-electron chi connectivity index (χ3n) is 6.69. The quantitative estimate of drug-likeness (QED) is 0.361. The Kier molecular flexibility index (Phi) is 4.15. The van der Waals surface area contributed by atoms with Gasteiger partial charge in [0.05, 0.1) is 19.6 Å². The van der Waals surface area contributed by atoms with Gasteiger partial charge in [-0.15, -0.1) is 11.3 Å². The highest BCUT2D eigenvalue weighted by Crippen LogP contribution is 2.39. The molecule has 4 nitrogen and oxygen atoms in total. The van der Waals surface area contributed by atoms with Gasteiger partial charge in [-0.25, -0.2) is 0 Å². The van der Waals surface area contributed by atoms with Crippen LogP contribution in [0.5, 0.6) is 0 Å². The van der Waals surface area contributed by atoms with Gasteiger partial charge in [-0.1, -0.05) is 24.3 Å². The Labute approximate surface area is 177 Å². The fourth-order valence-electron chi connectivity index (χ4n) is 5.22. The number of nitrogens with one attached hydrogen (secondary N) is 1.